The summed E-state index contributed by atoms with van der Waals surface area (Å²) in [7, 11) is -5.20. The Labute approximate surface area is 733 Å². The highest BCUT2D eigenvalue weighted by Crippen LogP contribution is 2.36. The monoisotopic (exact) mass is 1810 g/mol. The van der Waals surface area contributed by atoms with E-state index in [1.54, 1.807) is 20.8 Å². The molecule has 0 radical (unpaired) electrons. The lowest BCUT2D eigenvalue weighted by molar-refractivity contribution is -0.465. The van der Waals surface area contributed by atoms with Gasteiger partial charge in [0.05, 0.1) is 59.5 Å². The lowest BCUT2D eigenvalue weighted by Gasteiger charge is -2.37. The Morgan fingerprint density at radius 1 is 0.446 bits per heavy atom. The van der Waals surface area contributed by atoms with Crippen LogP contribution in [0.5, 0.6) is 5.75 Å². The van der Waals surface area contributed by atoms with Crippen molar-refractivity contribution in [2.24, 2.45) is 47.3 Å². The molecule has 2 rings (SSSR count). The number of aryl methyl sites for hydroxylation is 2. The highest BCUT2D eigenvalue weighted by atomic mass is 32.2. The number of benzene rings is 2. The molecule has 4 unspecified atom stereocenters. The van der Waals surface area contributed by atoms with Crippen LogP contribution in [0.25, 0.3) is 0 Å². The van der Waals surface area contributed by atoms with Crippen LogP contribution in [-0.2, 0) is 121 Å². The van der Waals surface area contributed by atoms with E-state index >= 15 is 0 Å². The van der Waals surface area contributed by atoms with Crippen LogP contribution in [0.2, 0.25) is 0 Å². The van der Waals surface area contributed by atoms with Crippen molar-refractivity contribution >= 4 is 40.8 Å². The fourth-order valence-corrected chi connectivity index (χ4v) is 9.74. The molecule has 0 saturated carbocycles. The Balaban J connectivity index is -0.000000248. The van der Waals surface area contributed by atoms with Crippen molar-refractivity contribution in [3.05, 3.63) is 64.7 Å². The van der Waals surface area contributed by atoms with E-state index in [4.69, 9.17) is 111 Å². The molecule has 33 nitrogen and oxygen atoms in total. The molecule has 4 atom stereocenters. The number of carboxylic acid groups (broad SMARTS) is 2. The number of carboxylic acids is 2. The summed E-state index contributed by atoms with van der Waals surface area (Å²) in [6.07, 6.45) is 9.16. The SMILES string of the molecule is CCCOC(COCCO)(OCCO)C(C)C.CCCOC(COCCO)(OCCOP(=O)(O)O)C(C)C.CCCOCC(OCCC)(OCCOOOS[O-])C(C)C.CCCOCCC(C)C.CCOC(COCC(=O)O)(OCC(=O)O)C(C)C.CCOCCC(C)C.Cc1ccc(CC(C)C)c(O)c1.Cc1ccc(CC(C)C)cc1.O=POO. The molecule has 0 aliphatic rings. The fourth-order valence-electron chi connectivity index (χ4n) is 9.36. The van der Waals surface area contributed by atoms with Crippen molar-refractivity contribution in [3.63, 3.8) is 0 Å². The molecular formula is C85H167O33P2S-. The van der Waals surface area contributed by atoms with Gasteiger partial charge in [0.1, 0.15) is 52.0 Å². The van der Waals surface area contributed by atoms with E-state index in [1.807, 2.05) is 101 Å². The predicted octanol–water partition coefficient (Wildman–Crippen LogP) is 16.4. The molecule has 2 aromatic rings. The van der Waals surface area contributed by atoms with Gasteiger partial charge in [-0.3, -0.25) is 4.52 Å². The number of aliphatic hydroxyl groups excluding tert-OH is 3. The summed E-state index contributed by atoms with van der Waals surface area (Å²) in [6, 6.07) is 14.7. The minimum absolute atomic E-state index is 0.0258. The number of ether oxygens (including phenoxy) is 14. The molecule has 0 bridgehead atoms. The summed E-state index contributed by atoms with van der Waals surface area (Å²) >= 11 is -0.188. The lowest BCUT2D eigenvalue weighted by atomic mass is 10.0. The van der Waals surface area contributed by atoms with Crippen molar-refractivity contribution in [3.8, 4) is 5.75 Å². The molecule has 0 aliphatic heterocycles. The van der Waals surface area contributed by atoms with Gasteiger partial charge in [0.25, 0.3) is 0 Å². The van der Waals surface area contributed by atoms with E-state index in [0.29, 0.717) is 51.3 Å². The first-order valence-corrected chi connectivity index (χ1v) is 45.3. The van der Waals surface area contributed by atoms with Crippen LogP contribution >= 0.6 is 28.8 Å². The largest absolute Gasteiger partial charge is 0.774 e. The number of rotatable bonds is 63. The van der Waals surface area contributed by atoms with Gasteiger partial charge < -0.3 is 111 Å². The zero-order valence-electron chi connectivity index (χ0n) is 78.3. The predicted molar refractivity (Wildman–Crippen MR) is 468 cm³/mol. The molecule has 0 saturated heterocycles. The maximum Gasteiger partial charge on any atom is 0.469 e. The number of hydrogen-bond donors (Lipinski definition) is 9. The standard InChI is InChI=1S/C13H28O7S.C12H27O8P.C12H26O5.C11H20O7.C11H16O.C11H16.C8H18O.C7H16O.HO3P/c1-5-7-15-11-13(12(3)4,16-8-6-2)17-9-10-18-19-20-21-14;1-4-6-18-12(11(2)3,10-17-7-5-13)19-8-9-20-21(14,15)16;1-4-7-16-12(11(2)3,17-9-6-14)10-15-8-5-13;1-4-17-11(8(2)3,18-6-10(14)15)7-16-5-9(12)13;1-8(2)6-10-5-4-9(3)7-11(10)12;1-9(2)8-11-6-4-10(3)5-7-11;1-4-6-9-7-5-8(2)3;1-4-8-6-5-7(2)3;1-3-4-2/h12,14H,5-11H2,1-4H3;11,13H,4-10H2,1-3H3,(H2,14,15,16);11,13-14H,4-10H2,1-3H3;8H,4-7H2,1-3H3,(H,12,13)(H,14,15);4-5,7-8,12H,6H2,1-3H3;4-7,9H,8H2,1-3H3;8H,4-7H2,1-3H3;7H,4-6H2,1-3H3;1H/p-1. The maximum atomic E-state index is 10.6. The Hall–Kier alpha value is -3.18. The topological polar surface area (TPSA) is 449 Å². The molecule has 0 amide bonds. The first-order chi connectivity index (χ1) is 57.1. The van der Waals surface area contributed by atoms with Crippen LogP contribution in [0, 0.1) is 61.2 Å². The number of carbonyl (C=O) groups is 2. The summed E-state index contributed by atoms with van der Waals surface area (Å²) < 4.78 is 117. The quantitative estimate of drug-likeness (QED) is 0.00741. The van der Waals surface area contributed by atoms with E-state index in [-0.39, 0.29) is 122 Å². The third-order valence-corrected chi connectivity index (χ3v) is 16.6. The number of hydrogen-bond acceptors (Lipinski definition) is 30. The van der Waals surface area contributed by atoms with Gasteiger partial charge in [0.2, 0.25) is 0 Å². The summed E-state index contributed by atoms with van der Waals surface area (Å²) in [5, 5.41) is 64.2. The Morgan fingerprint density at radius 3 is 1.18 bits per heavy atom. The van der Waals surface area contributed by atoms with E-state index in [9.17, 15) is 23.8 Å². The van der Waals surface area contributed by atoms with Gasteiger partial charge in [-0.15, -0.1) is 9.01 Å². The molecule has 0 aromatic heterocycles. The molecule has 9 N–H and O–H groups in total. The summed E-state index contributed by atoms with van der Waals surface area (Å²) in [5.74, 6) is -2.87. The van der Waals surface area contributed by atoms with Crippen LogP contribution in [0.4, 0.5) is 0 Å². The van der Waals surface area contributed by atoms with Crippen LogP contribution in [-0.4, -0.2) is 250 Å². The van der Waals surface area contributed by atoms with Crippen molar-refractivity contribution in [2.45, 2.75) is 254 Å². The second-order valence-corrected chi connectivity index (χ2v) is 32.1. The van der Waals surface area contributed by atoms with Gasteiger partial charge >= 0.3 is 28.4 Å². The Kier molecular flexibility index (Phi) is 94.7. The smallest absolute Gasteiger partial charge is 0.469 e. The summed E-state index contributed by atoms with van der Waals surface area (Å²) in [5.41, 5.74) is 4.96. The van der Waals surface area contributed by atoms with Gasteiger partial charge in [-0.05, 0) is 132 Å². The molecule has 0 aliphatic carbocycles. The zero-order valence-corrected chi connectivity index (χ0v) is 80.9. The summed E-state index contributed by atoms with van der Waals surface area (Å²) in [4.78, 5) is 42.8. The van der Waals surface area contributed by atoms with Crippen molar-refractivity contribution in [1.82, 2.24) is 0 Å². The lowest BCUT2D eigenvalue weighted by Crippen LogP contribution is -2.47. The normalized spacial score (nSPS) is 13.3. The van der Waals surface area contributed by atoms with Crippen LogP contribution in [0.15, 0.2) is 42.5 Å². The van der Waals surface area contributed by atoms with Crippen molar-refractivity contribution < 1.29 is 159 Å². The third-order valence-electron chi connectivity index (χ3n) is 15.9. The first kappa shape index (κ1) is 131. The number of phenols is 1. The Bertz CT molecular complexity index is 2610. The van der Waals surface area contributed by atoms with E-state index < -0.39 is 64.8 Å². The minimum Gasteiger partial charge on any atom is -0.774 e. The van der Waals surface area contributed by atoms with E-state index in [1.165, 1.54) is 30.4 Å². The molecule has 722 valence electrons. The van der Waals surface area contributed by atoms with Crippen LogP contribution in [0.1, 0.15) is 226 Å². The molecule has 36 heteroatoms. The van der Waals surface area contributed by atoms with Gasteiger partial charge in [-0.1, -0.05) is 205 Å². The number of aliphatic hydroxyl groups is 3. The van der Waals surface area contributed by atoms with E-state index in [0.717, 1.165) is 93.8 Å². The minimum atomic E-state index is -4.50. The molecule has 2 aromatic carbocycles. The second kappa shape index (κ2) is 87.5. The Morgan fingerprint density at radius 2 is 0.826 bits per heavy atom. The summed E-state index contributed by atoms with van der Waals surface area (Å²) in [6.45, 7) is 57.3. The van der Waals surface area contributed by atoms with Crippen molar-refractivity contribution in [1.29, 1.82) is 0 Å². The molecule has 0 heterocycles. The number of phosphoric ester groups is 1. The average Bonchev–Trinajstić information content (AvgIpc) is 0.866. The molecule has 0 spiro atoms. The molecule has 121 heavy (non-hydrogen) atoms. The highest BCUT2D eigenvalue weighted by Gasteiger charge is 2.40. The van der Waals surface area contributed by atoms with Crippen LogP contribution in [0.3, 0.4) is 0 Å². The fraction of sp³-hybridized carbons (Fsp3) is 0.835. The van der Waals surface area contributed by atoms with Crippen molar-refractivity contribution in [2.75, 3.05) is 165 Å². The van der Waals surface area contributed by atoms with E-state index in [2.05, 4.69) is 117 Å². The average molecular weight is 1810 g/mol. The second-order valence-electron chi connectivity index (χ2n) is 30.3. The third kappa shape index (κ3) is 82.3. The number of phenolic OH excluding ortho intramolecular Hbond substituents is 1. The molecular weight excluding hydrogens is 1640 g/mol. The zero-order chi connectivity index (χ0) is 94.0. The van der Waals surface area contributed by atoms with Gasteiger partial charge in [0.15, 0.2) is 23.1 Å². The van der Waals surface area contributed by atoms with Crippen LogP contribution < -0.4 is 0 Å². The first-order valence-electron chi connectivity index (χ1n) is 42.4. The maximum absolute atomic E-state index is 10.6. The number of phosphoric acid groups is 1. The highest BCUT2D eigenvalue weighted by molar-refractivity contribution is 7.88. The van der Waals surface area contributed by atoms with Gasteiger partial charge in [0, 0.05) is 83.1 Å². The number of aromatic hydroxyl groups is 1. The van der Waals surface area contributed by atoms with Gasteiger partial charge in [-0.2, -0.15) is 0 Å². The molecule has 0 fully saturated rings. The van der Waals surface area contributed by atoms with Gasteiger partial charge in [-0.25, -0.2) is 28.9 Å². The number of aliphatic carboxylic acids is 2.